The molecule has 0 unspecified atom stereocenters. The molecular formula is C11H16F4N2O. The molecule has 0 spiro atoms. The highest BCUT2D eigenvalue weighted by Gasteiger charge is 2.41. The third kappa shape index (κ3) is 2.88. The maximum Gasteiger partial charge on any atom is 0.446 e. The minimum atomic E-state index is -4.92. The van der Waals surface area contributed by atoms with Crippen LogP contribution in [0.4, 0.5) is 17.6 Å². The third-order valence-corrected chi connectivity index (χ3v) is 3.16. The van der Waals surface area contributed by atoms with Crippen molar-refractivity contribution in [3.05, 3.63) is 11.6 Å². The fourth-order valence-corrected chi connectivity index (χ4v) is 2.31. The molecule has 104 valence electrons. The lowest BCUT2D eigenvalue weighted by molar-refractivity contribution is -0.114. The maximum absolute atomic E-state index is 13.6. The number of halogens is 4. The predicted octanol–water partition coefficient (Wildman–Crippen LogP) is 2.12. The van der Waals surface area contributed by atoms with E-state index in [9.17, 15) is 17.6 Å². The van der Waals surface area contributed by atoms with Gasteiger partial charge in [0.05, 0.1) is 13.2 Å². The van der Waals surface area contributed by atoms with Crippen molar-refractivity contribution in [1.82, 2.24) is 9.80 Å². The van der Waals surface area contributed by atoms with Gasteiger partial charge in [-0.3, -0.25) is 0 Å². The fraction of sp³-hybridized carbons (Fsp3) is 0.818. The van der Waals surface area contributed by atoms with E-state index in [0.29, 0.717) is 39.4 Å². The Bertz CT molecular complexity index is 317. The van der Waals surface area contributed by atoms with Crippen LogP contribution in [0, 0.1) is 0 Å². The second-order valence-corrected chi connectivity index (χ2v) is 4.43. The molecule has 2 fully saturated rings. The Morgan fingerprint density at radius 2 is 1.39 bits per heavy atom. The molecule has 3 nitrogen and oxygen atoms in total. The Balaban J connectivity index is 2.26. The van der Waals surface area contributed by atoms with Crippen LogP contribution in [0.25, 0.3) is 0 Å². The van der Waals surface area contributed by atoms with E-state index in [1.807, 2.05) is 0 Å². The van der Waals surface area contributed by atoms with E-state index in [4.69, 9.17) is 4.74 Å². The van der Waals surface area contributed by atoms with Gasteiger partial charge in [-0.25, -0.2) is 0 Å². The topological polar surface area (TPSA) is 15.7 Å². The molecule has 0 N–H and O–H groups in total. The molecule has 2 saturated heterocycles. The summed E-state index contributed by atoms with van der Waals surface area (Å²) in [5, 5.41) is 0. The van der Waals surface area contributed by atoms with Gasteiger partial charge in [0.2, 0.25) is 5.83 Å². The predicted molar refractivity (Wildman–Crippen MR) is 57.4 cm³/mol. The van der Waals surface area contributed by atoms with E-state index in [-0.39, 0.29) is 5.82 Å². The van der Waals surface area contributed by atoms with Crippen molar-refractivity contribution in [1.29, 1.82) is 0 Å². The maximum atomic E-state index is 13.6. The smallest absolute Gasteiger partial charge is 0.378 e. The van der Waals surface area contributed by atoms with Crippen molar-refractivity contribution in [3.63, 3.8) is 0 Å². The average molecular weight is 268 g/mol. The van der Waals surface area contributed by atoms with Crippen molar-refractivity contribution >= 4 is 0 Å². The molecule has 18 heavy (non-hydrogen) atoms. The first kappa shape index (κ1) is 13.5. The van der Waals surface area contributed by atoms with Crippen LogP contribution < -0.4 is 0 Å². The Hall–Kier alpha value is -0.980. The molecule has 0 aromatic carbocycles. The molecule has 0 bridgehead atoms. The number of allylic oxidation sites excluding steroid dienone is 1. The van der Waals surface area contributed by atoms with Crippen LogP contribution in [0.1, 0.15) is 12.8 Å². The van der Waals surface area contributed by atoms with Crippen molar-refractivity contribution in [2.24, 2.45) is 0 Å². The standard InChI is InChI=1S/C11H16F4N2O/c12-9(11(13,14)15)10(16-3-1-2-4-16)17-5-7-18-8-6-17/h1-8H2/b10-9+. The van der Waals surface area contributed by atoms with E-state index in [1.165, 1.54) is 9.80 Å². The molecule has 0 aliphatic carbocycles. The number of ether oxygens (including phenoxy) is 1. The molecule has 7 heteroatoms. The van der Waals surface area contributed by atoms with Crippen LogP contribution in [0.15, 0.2) is 11.6 Å². The van der Waals surface area contributed by atoms with E-state index in [1.54, 1.807) is 0 Å². The number of hydrogen-bond donors (Lipinski definition) is 0. The van der Waals surface area contributed by atoms with Crippen molar-refractivity contribution < 1.29 is 22.3 Å². The lowest BCUT2D eigenvalue weighted by atomic mass is 10.3. The van der Waals surface area contributed by atoms with Crippen LogP contribution in [0.2, 0.25) is 0 Å². The summed E-state index contributed by atoms with van der Waals surface area (Å²) in [4.78, 5) is 2.94. The lowest BCUT2D eigenvalue weighted by Gasteiger charge is -2.36. The van der Waals surface area contributed by atoms with Crippen molar-refractivity contribution in [3.8, 4) is 0 Å². The molecule has 0 aromatic rings. The Kier molecular flexibility index (Phi) is 3.99. The number of rotatable bonds is 2. The van der Waals surface area contributed by atoms with Crippen LogP contribution >= 0.6 is 0 Å². The molecule has 2 aliphatic rings. The number of morpholine rings is 1. The monoisotopic (exact) mass is 268 g/mol. The molecule has 2 aliphatic heterocycles. The lowest BCUT2D eigenvalue weighted by Crippen LogP contribution is -2.43. The van der Waals surface area contributed by atoms with Crippen molar-refractivity contribution in [2.75, 3.05) is 39.4 Å². The van der Waals surface area contributed by atoms with Gasteiger partial charge in [0.15, 0.2) is 0 Å². The van der Waals surface area contributed by atoms with Crippen molar-refractivity contribution in [2.45, 2.75) is 19.0 Å². The summed E-state index contributed by atoms with van der Waals surface area (Å²) in [7, 11) is 0. The van der Waals surface area contributed by atoms with Crippen LogP contribution in [0.5, 0.6) is 0 Å². The van der Waals surface area contributed by atoms with E-state index < -0.39 is 12.0 Å². The molecular weight excluding hydrogens is 252 g/mol. The van der Waals surface area contributed by atoms with Gasteiger partial charge in [-0.05, 0) is 12.8 Å². The first-order valence-electron chi connectivity index (χ1n) is 6.05. The van der Waals surface area contributed by atoms with Gasteiger partial charge in [-0.15, -0.1) is 0 Å². The average Bonchev–Trinajstić information content (AvgIpc) is 2.83. The van der Waals surface area contributed by atoms with Gasteiger partial charge in [-0.2, -0.15) is 17.6 Å². The molecule has 0 atom stereocenters. The summed E-state index contributed by atoms with van der Waals surface area (Å²) in [6, 6.07) is 0. The summed E-state index contributed by atoms with van der Waals surface area (Å²) >= 11 is 0. The fourth-order valence-electron chi connectivity index (χ4n) is 2.31. The van der Waals surface area contributed by atoms with Gasteiger partial charge in [0, 0.05) is 26.2 Å². The molecule has 2 rings (SSSR count). The summed E-state index contributed by atoms with van der Waals surface area (Å²) < 4.78 is 56.5. The summed E-state index contributed by atoms with van der Waals surface area (Å²) in [5.41, 5.74) is 0. The van der Waals surface area contributed by atoms with Gasteiger partial charge < -0.3 is 14.5 Å². The number of likely N-dealkylation sites (tertiary alicyclic amines) is 1. The van der Waals surface area contributed by atoms with E-state index in [0.717, 1.165) is 12.8 Å². The first-order chi connectivity index (χ1) is 8.50. The second kappa shape index (κ2) is 5.34. The summed E-state index contributed by atoms with van der Waals surface area (Å²) in [6.07, 6.45) is -3.31. The number of alkyl halides is 3. The highest BCUT2D eigenvalue weighted by Crippen LogP contribution is 2.33. The van der Waals surface area contributed by atoms with Gasteiger partial charge in [0.1, 0.15) is 5.82 Å². The Morgan fingerprint density at radius 3 is 1.89 bits per heavy atom. The highest BCUT2D eigenvalue weighted by atomic mass is 19.4. The molecule has 0 saturated carbocycles. The van der Waals surface area contributed by atoms with Gasteiger partial charge in [-0.1, -0.05) is 0 Å². The molecule has 2 heterocycles. The first-order valence-corrected chi connectivity index (χ1v) is 6.05. The number of nitrogens with zero attached hydrogens (tertiary/aromatic N) is 2. The van der Waals surface area contributed by atoms with Crippen LogP contribution in [0.3, 0.4) is 0 Å². The molecule has 0 aromatic heterocycles. The SMILES string of the molecule is F/C(=C(\N1CCCC1)N1CCOCC1)C(F)(F)F. The normalized spacial score (nSPS) is 23.3. The largest absolute Gasteiger partial charge is 0.446 e. The summed E-state index contributed by atoms with van der Waals surface area (Å²) in [6.45, 7) is 2.24. The quantitative estimate of drug-likeness (QED) is 0.713. The highest BCUT2D eigenvalue weighted by molar-refractivity contribution is 5.12. The zero-order chi connectivity index (χ0) is 13.2. The van der Waals surface area contributed by atoms with Gasteiger partial charge in [0.25, 0.3) is 0 Å². The summed E-state index contributed by atoms with van der Waals surface area (Å²) in [5.74, 6) is -2.28. The van der Waals surface area contributed by atoms with Crippen LogP contribution in [-0.2, 0) is 4.74 Å². The third-order valence-electron chi connectivity index (χ3n) is 3.16. The van der Waals surface area contributed by atoms with E-state index >= 15 is 0 Å². The zero-order valence-electron chi connectivity index (χ0n) is 9.97. The van der Waals surface area contributed by atoms with Gasteiger partial charge >= 0.3 is 6.18 Å². The zero-order valence-corrected chi connectivity index (χ0v) is 9.97. The minimum absolute atomic E-state index is 0.301. The number of hydrogen-bond acceptors (Lipinski definition) is 3. The minimum Gasteiger partial charge on any atom is -0.378 e. The molecule has 0 radical (unpaired) electrons. The molecule has 0 amide bonds. The van der Waals surface area contributed by atoms with E-state index in [2.05, 4.69) is 0 Å². The van der Waals surface area contributed by atoms with Crippen LogP contribution in [-0.4, -0.2) is 55.4 Å². The second-order valence-electron chi connectivity index (χ2n) is 4.43. The Morgan fingerprint density at radius 1 is 0.889 bits per heavy atom. The Labute approximate surface area is 103 Å².